The zero-order chi connectivity index (χ0) is 16.4. The van der Waals surface area contributed by atoms with Crippen LogP contribution in [0.3, 0.4) is 0 Å². The first-order valence-electron chi connectivity index (χ1n) is 6.87. The maximum absolute atomic E-state index is 5.97. The molecule has 0 aliphatic heterocycles. The molecule has 1 aromatic heterocycles. The highest BCUT2D eigenvalue weighted by atomic mass is 35.5. The van der Waals surface area contributed by atoms with E-state index in [2.05, 4.69) is 4.98 Å². The van der Waals surface area contributed by atoms with Crippen molar-refractivity contribution in [2.24, 2.45) is 0 Å². The monoisotopic (exact) mass is 346 g/mol. The number of nitrogens with zero attached hydrogens (tertiary/aromatic N) is 1. The van der Waals surface area contributed by atoms with Crippen LogP contribution >= 0.6 is 22.9 Å². The topological polar surface area (TPSA) is 57.4 Å². The molecule has 0 radical (unpaired) electrons. The molecule has 3 aromatic rings. The van der Waals surface area contributed by atoms with Gasteiger partial charge in [0.15, 0.2) is 16.6 Å². The van der Waals surface area contributed by atoms with Gasteiger partial charge in [0.05, 0.1) is 24.8 Å². The van der Waals surface area contributed by atoms with Gasteiger partial charge in [-0.25, -0.2) is 4.98 Å². The van der Waals surface area contributed by atoms with E-state index >= 15 is 0 Å². The maximum Gasteiger partial charge on any atom is 0.181 e. The molecule has 0 saturated carbocycles. The molecular formula is C17H15ClN2O2S. The Morgan fingerprint density at radius 2 is 1.61 bits per heavy atom. The summed E-state index contributed by atoms with van der Waals surface area (Å²) in [5.41, 5.74) is 8.69. The Kier molecular flexibility index (Phi) is 4.41. The lowest BCUT2D eigenvalue weighted by Crippen LogP contribution is -1.91. The van der Waals surface area contributed by atoms with Gasteiger partial charge < -0.3 is 15.2 Å². The van der Waals surface area contributed by atoms with Crippen molar-refractivity contribution in [3.63, 3.8) is 0 Å². The van der Waals surface area contributed by atoms with Crippen molar-refractivity contribution < 1.29 is 9.47 Å². The van der Waals surface area contributed by atoms with Gasteiger partial charge in [0.25, 0.3) is 0 Å². The van der Waals surface area contributed by atoms with Gasteiger partial charge in [0, 0.05) is 10.6 Å². The third-order valence-electron chi connectivity index (χ3n) is 3.41. The van der Waals surface area contributed by atoms with Crippen molar-refractivity contribution in [2.45, 2.75) is 0 Å². The van der Waals surface area contributed by atoms with E-state index in [1.54, 1.807) is 14.2 Å². The third kappa shape index (κ3) is 3.11. The molecule has 0 aliphatic rings. The van der Waals surface area contributed by atoms with Gasteiger partial charge in [-0.3, -0.25) is 0 Å². The molecule has 0 amide bonds. The molecule has 0 bridgehead atoms. The molecule has 0 aliphatic carbocycles. The number of halogens is 1. The van der Waals surface area contributed by atoms with Gasteiger partial charge in [0.2, 0.25) is 0 Å². The van der Waals surface area contributed by atoms with Crippen LogP contribution in [-0.4, -0.2) is 19.2 Å². The Balaban J connectivity index is 2.12. The van der Waals surface area contributed by atoms with E-state index in [4.69, 9.17) is 26.8 Å². The molecule has 6 heteroatoms. The first kappa shape index (κ1) is 15.6. The number of thiazole rings is 1. The summed E-state index contributed by atoms with van der Waals surface area (Å²) in [4.78, 5) is 5.47. The zero-order valence-electron chi connectivity index (χ0n) is 12.7. The van der Waals surface area contributed by atoms with Gasteiger partial charge in [-0.2, -0.15) is 0 Å². The van der Waals surface area contributed by atoms with E-state index in [1.807, 2.05) is 42.5 Å². The SMILES string of the molecule is COc1ccc(-c2nc(N)sc2-c2ccc(Cl)cc2)cc1OC. The van der Waals surface area contributed by atoms with Crippen LogP contribution in [0.2, 0.25) is 5.02 Å². The summed E-state index contributed by atoms with van der Waals surface area (Å²) in [7, 11) is 3.22. The number of aromatic nitrogens is 1. The molecule has 0 atom stereocenters. The van der Waals surface area contributed by atoms with Crippen LogP contribution in [0.25, 0.3) is 21.7 Å². The van der Waals surface area contributed by atoms with Gasteiger partial charge in [-0.1, -0.05) is 35.1 Å². The second-order valence-corrected chi connectivity index (χ2v) is 6.27. The first-order chi connectivity index (χ1) is 11.1. The van der Waals surface area contributed by atoms with Gasteiger partial charge >= 0.3 is 0 Å². The number of benzene rings is 2. The van der Waals surface area contributed by atoms with E-state index in [-0.39, 0.29) is 0 Å². The maximum atomic E-state index is 5.97. The molecule has 0 fully saturated rings. The fourth-order valence-electron chi connectivity index (χ4n) is 2.31. The summed E-state index contributed by atoms with van der Waals surface area (Å²) >= 11 is 7.41. The van der Waals surface area contributed by atoms with Crippen LogP contribution in [-0.2, 0) is 0 Å². The molecule has 4 nitrogen and oxygen atoms in total. The second-order valence-electron chi connectivity index (χ2n) is 4.81. The molecular weight excluding hydrogens is 332 g/mol. The van der Waals surface area contributed by atoms with Crippen LogP contribution in [0.1, 0.15) is 0 Å². The zero-order valence-corrected chi connectivity index (χ0v) is 14.2. The predicted octanol–water partition coefficient (Wildman–Crippen LogP) is 4.73. The fourth-order valence-corrected chi connectivity index (χ4v) is 3.30. The smallest absolute Gasteiger partial charge is 0.181 e. The van der Waals surface area contributed by atoms with Gasteiger partial charge in [0.1, 0.15) is 0 Å². The number of ether oxygens (including phenoxy) is 2. The summed E-state index contributed by atoms with van der Waals surface area (Å²) in [6, 6.07) is 13.3. The molecule has 0 saturated heterocycles. The minimum atomic E-state index is 0.514. The van der Waals surface area contributed by atoms with Crippen molar-refractivity contribution in [3.05, 3.63) is 47.5 Å². The van der Waals surface area contributed by atoms with Gasteiger partial charge in [-0.15, -0.1) is 0 Å². The highest BCUT2D eigenvalue weighted by Gasteiger charge is 2.16. The largest absolute Gasteiger partial charge is 0.493 e. The number of hydrogen-bond acceptors (Lipinski definition) is 5. The van der Waals surface area contributed by atoms with Crippen molar-refractivity contribution in [2.75, 3.05) is 20.0 Å². The second kappa shape index (κ2) is 6.48. The summed E-state index contributed by atoms with van der Waals surface area (Å²) < 4.78 is 10.6. The molecule has 1 heterocycles. The number of anilines is 1. The van der Waals surface area contributed by atoms with Crippen LogP contribution < -0.4 is 15.2 Å². The first-order valence-corrected chi connectivity index (χ1v) is 8.06. The average molecular weight is 347 g/mol. The highest BCUT2D eigenvalue weighted by Crippen LogP contribution is 2.40. The lowest BCUT2D eigenvalue weighted by Gasteiger charge is -2.09. The highest BCUT2D eigenvalue weighted by molar-refractivity contribution is 7.19. The number of rotatable bonds is 4. The van der Waals surface area contributed by atoms with Crippen LogP contribution in [0.4, 0.5) is 5.13 Å². The average Bonchev–Trinajstić information content (AvgIpc) is 2.96. The number of hydrogen-bond donors (Lipinski definition) is 1. The summed E-state index contributed by atoms with van der Waals surface area (Å²) in [6.07, 6.45) is 0. The molecule has 0 unspecified atom stereocenters. The molecule has 23 heavy (non-hydrogen) atoms. The van der Waals surface area contributed by atoms with E-state index in [1.165, 1.54) is 11.3 Å². The quantitative estimate of drug-likeness (QED) is 0.742. The van der Waals surface area contributed by atoms with Gasteiger partial charge in [-0.05, 0) is 35.9 Å². The van der Waals surface area contributed by atoms with E-state index < -0.39 is 0 Å². The van der Waals surface area contributed by atoms with Crippen molar-refractivity contribution in [1.82, 2.24) is 4.98 Å². The normalized spacial score (nSPS) is 10.6. The molecule has 2 aromatic carbocycles. The van der Waals surface area contributed by atoms with Crippen LogP contribution in [0.15, 0.2) is 42.5 Å². The van der Waals surface area contributed by atoms with E-state index in [0.717, 1.165) is 21.7 Å². The summed E-state index contributed by atoms with van der Waals surface area (Å²) in [6.45, 7) is 0. The van der Waals surface area contributed by atoms with E-state index in [9.17, 15) is 0 Å². The standard InChI is InChI=1S/C17H15ClN2O2S/c1-21-13-8-5-11(9-14(13)22-2)15-16(23-17(19)20-15)10-3-6-12(18)7-4-10/h3-9H,1-2H3,(H2,19,20). The lowest BCUT2D eigenvalue weighted by atomic mass is 10.1. The van der Waals surface area contributed by atoms with Crippen molar-refractivity contribution in [3.8, 4) is 33.2 Å². The number of methoxy groups -OCH3 is 2. The minimum Gasteiger partial charge on any atom is -0.493 e. The molecule has 0 spiro atoms. The minimum absolute atomic E-state index is 0.514. The van der Waals surface area contributed by atoms with Crippen LogP contribution in [0.5, 0.6) is 11.5 Å². The van der Waals surface area contributed by atoms with E-state index in [0.29, 0.717) is 21.7 Å². The molecule has 3 rings (SSSR count). The fraction of sp³-hybridized carbons (Fsp3) is 0.118. The molecule has 118 valence electrons. The Bertz CT molecular complexity index is 831. The Morgan fingerprint density at radius 1 is 0.957 bits per heavy atom. The van der Waals surface area contributed by atoms with Crippen molar-refractivity contribution in [1.29, 1.82) is 0 Å². The Labute approximate surface area is 143 Å². The predicted molar refractivity (Wildman–Crippen MR) is 95.5 cm³/mol. The summed E-state index contributed by atoms with van der Waals surface area (Å²) in [5, 5.41) is 1.21. The van der Waals surface area contributed by atoms with Crippen molar-refractivity contribution >= 4 is 28.1 Å². The molecule has 2 N–H and O–H groups in total. The van der Waals surface area contributed by atoms with Crippen LogP contribution in [0, 0.1) is 0 Å². The lowest BCUT2D eigenvalue weighted by molar-refractivity contribution is 0.355. The summed E-state index contributed by atoms with van der Waals surface area (Å²) in [5.74, 6) is 1.33. The number of nitrogen functional groups attached to an aromatic ring is 1. The number of nitrogens with two attached hydrogens (primary N) is 1. The Morgan fingerprint density at radius 3 is 2.26 bits per heavy atom. The Hall–Kier alpha value is -2.24. The third-order valence-corrected chi connectivity index (χ3v) is 4.59.